The van der Waals surface area contributed by atoms with E-state index in [9.17, 15) is 4.79 Å². The molecule has 0 spiro atoms. The van der Waals surface area contributed by atoms with Crippen molar-refractivity contribution >= 4 is 17.7 Å². The minimum atomic E-state index is -0.465. The second kappa shape index (κ2) is 5.17. The molecule has 1 aromatic heterocycles. The van der Waals surface area contributed by atoms with Crippen LogP contribution in [-0.4, -0.2) is 34.7 Å². The number of carbonyl (C=O) groups excluding carboxylic acids is 1. The Labute approximate surface area is 135 Å². The number of likely N-dealkylation sites (tertiary alicyclic amines) is 1. The van der Waals surface area contributed by atoms with Crippen LogP contribution in [0.3, 0.4) is 0 Å². The number of carbonyl (C=O) groups is 1. The summed E-state index contributed by atoms with van der Waals surface area (Å²) in [4.78, 5) is 18.1. The van der Waals surface area contributed by atoms with Gasteiger partial charge in [-0.2, -0.15) is 0 Å². The van der Waals surface area contributed by atoms with Gasteiger partial charge in [0.05, 0.1) is 5.41 Å². The molecule has 0 bridgehead atoms. The summed E-state index contributed by atoms with van der Waals surface area (Å²) in [6, 6.07) is 5.40. The molecule has 2 unspecified atom stereocenters. The monoisotopic (exact) mass is 318 g/mol. The fraction of sp³-hybridized carbons (Fsp3) is 0.529. The van der Waals surface area contributed by atoms with Gasteiger partial charge in [-0.15, -0.1) is 0 Å². The fourth-order valence-electron chi connectivity index (χ4n) is 2.81. The number of amides is 1. The molecule has 1 aliphatic carbocycles. The SMILES string of the molecule is CC(C)(C)OC(=O)N1CC2CC2(C#Cc2cccc(Cl)n2)C1. The van der Waals surface area contributed by atoms with E-state index in [-0.39, 0.29) is 11.5 Å². The number of ether oxygens (including phenoxy) is 1. The van der Waals surface area contributed by atoms with Gasteiger partial charge in [-0.1, -0.05) is 23.6 Å². The lowest BCUT2D eigenvalue weighted by atomic mass is 10.1. The number of aromatic nitrogens is 1. The van der Waals surface area contributed by atoms with Crippen molar-refractivity contribution in [2.45, 2.75) is 32.8 Å². The molecule has 116 valence electrons. The molecule has 1 saturated carbocycles. The Morgan fingerprint density at radius 2 is 2.27 bits per heavy atom. The smallest absolute Gasteiger partial charge is 0.410 e. The lowest BCUT2D eigenvalue weighted by molar-refractivity contribution is 0.0268. The molecule has 2 fully saturated rings. The average Bonchev–Trinajstić information content (AvgIpc) is 2.96. The lowest BCUT2D eigenvalue weighted by Crippen LogP contribution is -2.37. The van der Waals surface area contributed by atoms with Crippen molar-refractivity contribution in [1.82, 2.24) is 9.88 Å². The zero-order valence-corrected chi connectivity index (χ0v) is 13.8. The van der Waals surface area contributed by atoms with Gasteiger partial charge in [0.15, 0.2) is 0 Å². The highest BCUT2D eigenvalue weighted by Crippen LogP contribution is 2.57. The number of hydrogen-bond acceptors (Lipinski definition) is 3. The van der Waals surface area contributed by atoms with Crippen LogP contribution in [0.4, 0.5) is 4.79 Å². The van der Waals surface area contributed by atoms with E-state index < -0.39 is 5.60 Å². The first-order valence-electron chi connectivity index (χ1n) is 7.41. The topological polar surface area (TPSA) is 42.4 Å². The maximum absolute atomic E-state index is 12.1. The number of pyridine rings is 1. The van der Waals surface area contributed by atoms with Crippen molar-refractivity contribution in [3.05, 3.63) is 29.0 Å². The highest BCUT2D eigenvalue weighted by Gasteiger charge is 2.60. The van der Waals surface area contributed by atoms with Crippen molar-refractivity contribution in [3.8, 4) is 11.8 Å². The lowest BCUT2D eigenvalue weighted by Gasteiger charge is -2.25. The molecule has 1 saturated heterocycles. The van der Waals surface area contributed by atoms with Crippen LogP contribution in [-0.2, 0) is 4.74 Å². The van der Waals surface area contributed by atoms with Gasteiger partial charge in [0, 0.05) is 13.1 Å². The Morgan fingerprint density at radius 3 is 2.95 bits per heavy atom. The van der Waals surface area contributed by atoms with Gasteiger partial charge >= 0.3 is 6.09 Å². The second-order valence-corrected chi connectivity index (χ2v) is 7.40. The van der Waals surface area contributed by atoms with Gasteiger partial charge in [0.25, 0.3) is 0 Å². The maximum atomic E-state index is 12.1. The maximum Gasteiger partial charge on any atom is 0.410 e. The van der Waals surface area contributed by atoms with Crippen LogP contribution < -0.4 is 0 Å². The molecule has 1 aromatic rings. The third-order valence-electron chi connectivity index (χ3n) is 3.95. The largest absolute Gasteiger partial charge is 0.444 e. The molecule has 2 heterocycles. The van der Waals surface area contributed by atoms with E-state index in [0.29, 0.717) is 23.3 Å². The molecule has 1 aliphatic heterocycles. The average molecular weight is 319 g/mol. The number of piperidine rings is 1. The Morgan fingerprint density at radius 1 is 1.50 bits per heavy atom. The molecule has 0 aromatic carbocycles. The van der Waals surface area contributed by atoms with Gasteiger partial charge in [-0.3, -0.25) is 0 Å². The zero-order valence-electron chi connectivity index (χ0n) is 13.0. The van der Waals surface area contributed by atoms with Crippen LogP contribution in [0.25, 0.3) is 0 Å². The van der Waals surface area contributed by atoms with E-state index in [2.05, 4.69) is 16.8 Å². The summed E-state index contributed by atoms with van der Waals surface area (Å²) in [5.41, 5.74) is 0.122. The summed E-state index contributed by atoms with van der Waals surface area (Å²) in [5.74, 6) is 6.85. The van der Waals surface area contributed by atoms with Gasteiger partial charge in [-0.25, -0.2) is 9.78 Å². The minimum Gasteiger partial charge on any atom is -0.444 e. The zero-order chi connectivity index (χ0) is 16.0. The summed E-state index contributed by atoms with van der Waals surface area (Å²) < 4.78 is 5.42. The summed E-state index contributed by atoms with van der Waals surface area (Å²) in [7, 11) is 0. The van der Waals surface area contributed by atoms with Gasteiger partial charge < -0.3 is 9.64 Å². The van der Waals surface area contributed by atoms with Gasteiger partial charge in [0.2, 0.25) is 0 Å². The molecule has 22 heavy (non-hydrogen) atoms. The molecular formula is C17H19ClN2O2. The first kappa shape index (κ1) is 15.2. The number of fused-ring (bicyclic) bond motifs is 1. The molecule has 0 N–H and O–H groups in total. The van der Waals surface area contributed by atoms with E-state index in [1.807, 2.05) is 32.9 Å². The van der Waals surface area contributed by atoms with Gasteiger partial charge in [0.1, 0.15) is 16.4 Å². The molecule has 2 aliphatic rings. The van der Waals surface area contributed by atoms with E-state index >= 15 is 0 Å². The minimum absolute atomic E-state index is 0.0824. The third-order valence-corrected chi connectivity index (χ3v) is 4.16. The van der Waals surface area contributed by atoms with Crippen LogP contribution in [0, 0.1) is 23.2 Å². The first-order chi connectivity index (χ1) is 10.3. The Kier molecular flexibility index (Phi) is 3.57. The standard InChI is InChI=1S/C17H19ClN2O2/c1-16(2,3)22-15(21)20-10-12-9-17(12,11-20)8-7-13-5-4-6-14(18)19-13/h4-6,12H,9-11H2,1-3H3. The van der Waals surface area contributed by atoms with Crippen LogP contribution in [0.15, 0.2) is 18.2 Å². The van der Waals surface area contributed by atoms with E-state index in [1.165, 1.54) is 0 Å². The highest BCUT2D eigenvalue weighted by molar-refractivity contribution is 6.29. The number of hydrogen-bond donors (Lipinski definition) is 0. The predicted molar refractivity (Wildman–Crippen MR) is 84.5 cm³/mol. The highest BCUT2D eigenvalue weighted by atomic mass is 35.5. The third kappa shape index (κ3) is 3.20. The quantitative estimate of drug-likeness (QED) is 0.544. The number of nitrogens with zero attached hydrogens (tertiary/aromatic N) is 2. The Balaban J connectivity index is 1.67. The van der Waals surface area contributed by atoms with Crippen molar-refractivity contribution in [2.75, 3.05) is 13.1 Å². The molecule has 0 radical (unpaired) electrons. The van der Waals surface area contributed by atoms with Crippen molar-refractivity contribution in [2.24, 2.45) is 11.3 Å². The predicted octanol–water partition coefficient (Wildman–Crippen LogP) is 3.34. The van der Waals surface area contributed by atoms with E-state index in [1.54, 1.807) is 11.0 Å². The van der Waals surface area contributed by atoms with Crippen molar-refractivity contribution in [1.29, 1.82) is 0 Å². The summed E-state index contributed by atoms with van der Waals surface area (Å²) >= 11 is 5.86. The summed E-state index contributed by atoms with van der Waals surface area (Å²) in [5, 5.41) is 0.443. The van der Waals surface area contributed by atoms with Crippen molar-refractivity contribution < 1.29 is 9.53 Å². The number of rotatable bonds is 0. The molecular weight excluding hydrogens is 300 g/mol. The summed E-state index contributed by atoms with van der Waals surface area (Å²) in [6.45, 7) is 7.00. The van der Waals surface area contributed by atoms with Gasteiger partial charge in [-0.05, 0) is 51.2 Å². The number of halogens is 1. The Hall–Kier alpha value is -1.73. The van der Waals surface area contributed by atoms with Crippen LogP contribution in [0.5, 0.6) is 0 Å². The van der Waals surface area contributed by atoms with Crippen LogP contribution >= 0.6 is 11.6 Å². The normalized spacial score (nSPS) is 26.0. The molecule has 1 amide bonds. The van der Waals surface area contributed by atoms with Crippen LogP contribution in [0.1, 0.15) is 32.9 Å². The molecule has 4 nitrogen and oxygen atoms in total. The van der Waals surface area contributed by atoms with E-state index in [0.717, 1.165) is 13.0 Å². The first-order valence-corrected chi connectivity index (χ1v) is 7.79. The second-order valence-electron chi connectivity index (χ2n) is 7.01. The fourth-order valence-corrected chi connectivity index (χ4v) is 2.97. The molecule has 5 heteroatoms. The molecule has 2 atom stereocenters. The van der Waals surface area contributed by atoms with E-state index in [4.69, 9.17) is 16.3 Å². The molecule has 3 rings (SSSR count). The van der Waals surface area contributed by atoms with Crippen molar-refractivity contribution in [3.63, 3.8) is 0 Å². The van der Waals surface area contributed by atoms with Crippen LogP contribution in [0.2, 0.25) is 5.15 Å². The summed E-state index contributed by atoms with van der Waals surface area (Å²) in [6.07, 6.45) is 0.793. The Bertz CT molecular complexity index is 671.